The summed E-state index contributed by atoms with van der Waals surface area (Å²) in [4.78, 5) is 0. The Balaban J connectivity index is 5.69. The molecule has 0 atom stereocenters. The van der Waals surface area contributed by atoms with Crippen molar-refractivity contribution >= 4 is 23.5 Å². The molecule has 0 aromatic heterocycles. The van der Waals surface area contributed by atoms with Crippen molar-refractivity contribution < 1.29 is 11.1 Å². The first-order chi connectivity index (χ1) is 10.7. The summed E-state index contributed by atoms with van der Waals surface area (Å²) in [5.41, 5.74) is 1.20. The zero-order valence-corrected chi connectivity index (χ0v) is 20.6. The van der Waals surface area contributed by atoms with E-state index in [4.69, 9.17) is 11.1 Å². The summed E-state index contributed by atoms with van der Waals surface area (Å²) in [6.07, 6.45) is 1.91. The van der Waals surface area contributed by atoms with E-state index in [9.17, 15) is 0 Å². The lowest BCUT2D eigenvalue weighted by atomic mass is 10.1. The van der Waals surface area contributed by atoms with Gasteiger partial charge in [0, 0.05) is 11.2 Å². The Hall–Kier alpha value is 0.629. The van der Waals surface area contributed by atoms with Crippen LogP contribution in [0.2, 0.25) is 16.6 Å². The third kappa shape index (κ3) is 6.74. The molecule has 0 fully saturated rings. The van der Waals surface area contributed by atoms with Gasteiger partial charge < -0.3 is 11.1 Å². The van der Waals surface area contributed by atoms with Crippen LogP contribution in [-0.4, -0.2) is 34.7 Å². The Morgan fingerprint density at radius 3 is 1.21 bits per heavy atom. The van der Waals surface area contributed by atoms with Crippen LogP contribution in [0.3, 0.4) is 0 Å². The standard InChI is InChI=1S/C9H21OSi.2C5H11O.Al/c1-7(2)11(10,8(3)4)9(5)6;2*1-4-5(2,3)6;/h7-9H,1-6H3;2*4H2,1-3H3;/q3*-1;+3. The molecule has 0 aliphatic carbocycles. The third-order valence-electron chi connectivity index (χ3n) is 5.54. The van der Waals surface area contributed by atoms with Crippen molar-refractivity contribution in [1.82, 2.24) is 0 Å². The molecule has 144 valence electrons. The smallest absolute Gasteiger partial charge is 0.498 e. The maximum Gasteiger partial charge on any atom is 0.895 e. The Morgan fingerprint density at radius 2 is 1.00 bits per heavy atom. The molecule has 0 spiro atoms. The second-order valence-electron chi connectivity index (χ2n) is 9.19. The molecule has 0 N–H and O–H groups in total. The summed E-state index contributed by atoms with van der Waals surface area (Å²) in [7, 11) is -2.00. The SMILES string of the molecule is CCC(C)(C)[O][Al]([O]C(C)(C)CC)[O][Si](C(C)C)(C(C)C)C(C)C. The molecular weight excluding hydrogens is 331 g/mol. The quantitative estimate of drug-likeness (QED) is 0.383. The van der Waals surface area contributed by atoms with Crippen LogP contribution in [0.25, 0.3) is 0 Å². The van der Waals surface area contributed by atoms with Crippen LogP contribution in [0.5, 0.6) is 0 Å². The fourth-order valence-electron chi connectivity index (χ4n) is 3.33. The highest BCUT2D eigenvalue weighted by atomic mass is 28.4. The highest BCUT2D eigenvalue weighted by molar-refractivity contribution is 6.81. The predicted molar refractivity (Wildman–Crippen MR) is 109 cm³/mol. The minimum absolute atomic E-state index is 0.203. The van der Waals surface area contributed by atoms with Crippen molar-refractivity contribution in [3.63, 3.8) is 0 Å². The van der Waals surface area contributed by atoms with E-state index in [1.54, 1.807) is 0 Å². The molecular formula is C19H43AlO3Si. The number of rotatable bonds is 11. The Kier molecular flexibility index (Phi) is 9.78. The fourth-order valence-corrected chi connectivity index (χ4v) is 13.7. The Labute approximate surface area is 158 Å². The van der Waals surface area contributed by atoms with E-state index in [1.165, 1.54) is 0 Å². The van der Waals surface area contributed by atoms with E-state index in [-0.39, 0.29) is 11.2 Å². The molecule has 0 aliphatic rings. The topological polar surface area (TPSA) is 27.7 Å². The molecule has 0 bridgehead atoms. The van der Waals surface area contributed by atoms with Crippen molar-refractivity contribution in [3.05, 3.63) is 0 Å². The van der Waals surface area contributed by atoms with Gasteiger partial charge >= 0.3 is 15.1 Å². The van der Waals surface area contributed by atoms with Crippen molar-refractivity contribution in [2.75, 3.05) is 0 Å². The molecule has 0 heterocycles. The van der Waals surface area contributed by atoms with E-state index < -0.39 is 23.5 Å². The monoisotopic (exact) mass is 374 g/mol. The number of hydrogen-bond donors (Lipinski definition) is 0. The molecule has 3 nitrogen and oxygen atoms in total. The molecule has 0 radical (unpaired) electrons. The summed E-state index contributed by atoms with van der Waals surface area (Å²) in [5, 5.41) is 0. The van der Waals surface area contributed by atoms with Crippen LogP contribution in [0.1, 0.15) is 95.9 Å². The van der Waals surface area contributed by atoms with Gasteiger partial charge in [-0.15, -0.1) is 0 Å². The first kappa shape index (κ1) is 24.6. The van der Waals surface area contributed by atoms with E-state index in [2.05, 4.69) is 83.1 Å². The van der Waals surface area contributed by atoms with Crippen molar-refractivity contribution in [1.29, 1.82) is 0 Å². The van der Waals surface area contributed by atoms with Gasteiger partial charge in [-0.05, 0) is 57.2 Å². The molecule has 0 amide bonds. The number of hydrogen-bond acceptors (Lipinski definition) is 3. The summed E-state index contributed by atoms with van der Waals surface area (Å²) < 4.78 is 19.9. The van der Waals surface area contributed by atoms with Crippen molar-refractivity contribution in [2.24, 2.45) is 0 Å². The average molecular weight is 375 g/mol. The van der Waals surface area contributed by atoms with Crippen molar-refractivity contribution in [2.45, 2.75) is 124 Å². The molecule has 0 saturated carbocycles. The van der Waals surface area contributed by atoms with Crippen LogP contribution < -0.4 is 0 Å². The zero-order valence-electron chi connectivity index (χ0n) is 18.4. The lowest BCUT2D eigenvalue weighted by Crippen LogP contribution is -2.55. The first-order valence-corrected chi connectivity index (χ1v) is 13.3. The van der Waals surface area contributed by atoms with Crippen LogP contribution in [0.15, 0.2) is 0 Å². The normalized spacial score (nSPS) is 14.1. The summed E-state index contributed by atoms with van der Waals surface area (Å²) in [6, 6.07) is 0. The molecule has 5 heteroatoms. The lowest BCUT2D eigenvalue weighted by molar-refractivity contribution is -0.0178. The average Bonchev–Trinajstić information content (AvgIpc) is 2.42. The highest BCUT2D eigenvalue weighted by Crippen LogP contribution is 2.43. The van der Waals surface area contributed by atoms with Gasteiger partial charge in [-0.3, -0.25) is 0 Å². The van der Waals surface area contributed by atoms with Gasteiger partial charge in [-0.1, -0.05) is 55.4 Å². The molecule has 0 aliphatic heterocycles. The van der Waals surface area contributed by atoms with Gasteiger partial charge in [0.15, 0.2) is 8.32 Å². The van der Waals surface area contributed by atoms with Gasteiger partial charge in [0.05, 0.1) is 0 Å². The molecule has 0 unspecified atom stereocenters. The maximum absolute atomic E-state index is 6.93. The minimum atomic E-state index is -2.25. The van der Waals surface area contributed by atoms with Gasteiger partial charge in [0.1, 0.15) is 0 Å². The molecule has 24 heavy (non-hydrogen) atoms. The van der Waals surface area contributed by atoms with E-state index in [1.807, 2.05) is 0 Å². The maximum atomic E-state index is 6.93. The van der Waals surface area contributed by atoms with Crippen LogP contribution in [0.4, 0.5) is 0 Å². The third-order valence-corrected chi connectivity index (χ3v) is 15.0. The second-order valence-corrected chi connectivity index (χ2v) is 16.3. The summed E-state index contributed by atoms with van der Waals surface area (Å²) in [5.74, 6) is 0. The van der Waals surface area contributed by atoms with E-state index in [0.29, 0.717) is 16.6 Å². The van der Waals surface area contributed by atoms with E-state index >= 15 is 0 Å². The van der Waals surface area contributed by atoms with Gasteiger partial charge in [0.25, 0.3) is 0 Å². The van der Waals surface area contributed by atoms with Gasteiger partial charge in [-0.2, -0.15) is 0 Å². The molecule has 0 aromatic carbocycles. The first-order valence-electron chi connectivity index (χ1n) is 9.77. The van der Waals surface area contributed by atoms with Crippen LogP contribution in [-0.2, 0) is 11.1 Å². The Bertz CT molecular complexity index is 328. The highest BCUT2D eigenvalue weighted by Gasteiger charge is 2.53. The largest absolute Gasteiger partial charge is 0.895 e. The fraction of sp³-hybridized carbons (Fsp3) is 1.00. The van der Waals surface area contributed by atoms with Gasteiger partial charge in [0.2, 0.25) is 0 Å². The minimum Gasteiger partial charge on any atom is -0.498 e. The zero-order chi connectivity index (χ0) is 19.3. The molecule has 0 rings (SSSR count). The molecule has 0 saturated heterocycles. The van der Waals surface area contributed by atoms with Crippen LogP contribution in [0, 0.1) is 0 Å². The van der Waals surface area contributed by atoms with E-state index in [0.717, 1.165) is 12.8 Å². The lowest BCUT2D eigenvalue weighted by Gasteiger charge is -2.46. The Morgan fingerprint density at radius 1 is 0.708 bits per heavy atom. The summed E-state index contributed by atoms with van der Waals surface area (Å²) >= 11 is -2.25. The second kappa shape index (κ2) is 9.53. The van der Waals surface area contributed by atoms with Crippen LogP contribution >= 0.6 is 0 Å². The van der Waals surface area contributed by atoms with Crippen molar-refractivity contribution in [3.8, 4) is 0 Å². The summed E-state index contributed by atoms with van der Waals surface area (Å²) in [6.45, 7) is 26.8. The predicted octanol–water partition coefficient (Wildman–Crippen LogP) is 6.57. The van der Waals surface area contributed by atoms with Gasteiger partial charge in [-0.25, -0.2) is 0 Å². The molecule has 0 aromatic rings.